The second kappa shape index (κ2) is 11.2. The van der Waals surface area contributed by atoms with Crippen LogP contribution in [0.25, 0.3) is 0 Å². The highest BCUT2D eigenvalue weighted by molar-refractivity contribution is 7.13. The van der Waals surface area contributed by atoms with E-state index in [0.29, 0.717) is 36.3 Å². The second-order valence-corrected chi connectivity index (χ2v) is 10.6. The van der Waals surface area contributed by atoms with Crippen molar-refractivity contribution in [2.24, 2.45) is 11.8 Å². The van der Waals surface area contributed by atoms with Crippen molar-refractivity contribution in [1.29, 1.82) is 0 Å². The van der Waals surface area contributed by atoms with E-state index < -0.39 is 12.8 Å². The number of alkyl halides is 3. The van der Waals surface area contributed by atoms with E-state index in [1.165, 1.54) is 24.2 Å². The molecule has 0 spiro atoms. The fourth-order valence-electron chi connectivity index (χ4n) is 4.98. The summed E-state index contributed by atoms with van der Waals surface area (Å²) in [6, 6.07) is 0. The first-order valence-corrected chi connectivity index (χ1v) is 12.9. The summed E-state index contributed by atoms with van der Waals surface area (Å²) in [6.07, 6.45) is 5.52. The number of aryl methyl sites for hydroxylation is 1. The predicted octanol–water partition coefficient (Wildman–Crippen LogP) is 5.18. The fourth-order valence-corrected chi connectivity index (χ4v) is 5.92. The molecule has 0 N–H and O–H groups in total. The third kappa shape index (κ3) is 7.53. The van der Waals surface area contributed by atoms with E-state index in [2.05, 4.69) is 14.9 Å². The van der Waals surface area contributed by atoms with E-state index in [-0.39, 0.29) is 11.0 Å². The van der Waals surface area contributed by atoms with Crippen LogP contribution in [0.15, 0.2) is 10.6 Å². The number of carbonyl (C=O) groups excluding carboxylic acids is 1. The molecule has 0 amide bonds. The molecule has 2 aromatic heterocycles. The normalized spacial score (nSPS) is 21.8. The summed E-state index contributed by atoms with van der Waals surface area (Å²) in [6.45, 7) is 3.30. The van der Waals surface area contributed by atoms with Crippen LogP contribution in [0.5, 0.6) is 5.19 Å². The maximum absolute atomic E-state index is 12.4. The average Bonchev–Trinajstić information content (AvgIpc) is 3.32. The number of hydrogen-bond acceptors (Lipinski definition) is 7. The predicted molar refractivity (Wildman–Crippen MR) is 122 cm³/mol. The molecule has 0 atom stereocenters. The Bertz CT molecular complexity index is 925. The Balaban J connectivity index is 1.13. The minimum absolute atomic E-state index is 0.127. The molecule has 6 nitrogen and oxygen atoms in total. The number of halogens is 3. The highest BCUT2D eigenvalue weighted by atomic mass is 32.1. The lowest BCUT2D eigenvalue weighted by atomic mass is 9.78. The minimum atomic E-state index is -4.34. The van der Waals surface area contributed by atoms with Gasteiger partial charge in [0.15, 0.2) is 12.5 Å². The SMILES string of the molecule is Cc1ncc(CC(=O)CC2CCC(CCN3CCc4nc(OCC(F)(F)F)sc4CC3)CC2)o1. The zero-order valence-corrected chi connectivity index (χ0v) is 20.3. The Morgan fingerprint density at radius 2 is 1.94 bits per heavy atom. The van der Waals surface area contributed by atoms with Crippen LogP contribution in [0.4, 0.5) is 13.2 Å². The second-order valence-electron chi connectivity index (χ2n) is 9.54. The first kappa shape index (κ1) is 25.2. The van der Waals surface area contributed by atoms with Crippen molar-refractivity contribution in [3.05, 3.63) is 28.4 Å². The molecule has 1 saturated carbocycles. The van der Waals surface area contributed by atoms with E-state index in [9.17, 15) is 18.0 Å². The molecule has 1 aliphatic heterocycles. The lowest BCUT2D eigenvalue weighted by Gasteiger charge is -2.30. The minimum Gasteiger partial charge on any atom is -0.460 e. The molecule has 1 fully saturated rings. The monoisotopic (exact) mass is 499 g/mol. The van der Waals surface area contributed by atoms with Gasteiger partial charge in [0, 0.05) is 37.7 Å². The molecule has 1 aliphatic carbocycles. The number of oxazole rings is 1. The topological polar surface area (TPSA) is 68.5 Å². The zero-order valence-electron chi connectivity index (χ0n) is 19.5. The summed E-state index contributed by atoms with van der Waals surface area (Å²) in [5.41, 5.74) is 0.885. The maximum Gasteiger partial charge on any atom is 0.422 e. The van der Waals surface area contributed by atoms with Gasteiger partial charge in [-0.25, -0.2) is 9.97 Å². The molecule has 0 aromatic carbocycles. The first-order valence-electron chi connectivity index (χ1n) is 12.1. The molecule has 0 radical (unpaired) electrons. The first-order chi connectivity index (χ1) is 16.2. The van der Waals surface area contributed by atoms with Crippen molar-refractivity contribution in [1.82, 2.24) is 14.9 Å². The molecule has 0 saturated heterocycles. The number of fused-ring (bicyclic) bond motifs is 1. The van der Waals surface area contributed by atoms with Crippen LogP contribution >= 0.6 is 11.3 Å². The summed E-state index contributed by atoms with van der Waals surface area (Å²) >= 11 is 1.25. The molecule has 188 valence electrons. The number of ether oxygens (including phenoxy) is 1. The van der Waals surface area contributed by atoms with Crippen molar-refractivity contribution in [2.45, 2.75) is 70.9 Å². The van der Waals surface area contributed by atoms with Gasteiger partial charge in [-0.05, 0) is 44.1 Å². The van der Waals surface area contributed by atoms with Gasteiger partial charge < -0.3 is 14.1 Å². The molecule has 4 rings (SSSR count). The summed E-state index contributed by atoms with van der Waals surface area (Å²) in [4.78, 5) is 24.2. The number of carbonyl (C=O) groups is 1. The molecular formula is C24H32F3N3O3S. The van der Waals surface area contributed by atoms with Crippen LogP contribution in [0.3, 0.4) is 0 Å². The van der Waals surface area contributed by atoms with Gasteiger partial charge in [-0.2, -0.15) is 13.2 Å². The number of rotatable bonds is 9. The Kier molecular flexibility index (Phi) is 8.29. The number of thiazole rings is 1. The van der Waals surface area contributed by atoms with Crippen LogP contribution in [-0.2, 0) is 24.1 Å². The van der Waals surface area contributed by atoms with Crippen LogP contribution in [-0.4, -0.2) is 53.1 Å². The van der Waals surface area contributed by atoms with Gasteiger partial charge in [0.1, 0.15) is 11.5 Å². The quantitative estimate of drug-likeness (QED) is 0.474. The molecule has 10 heteroatoms. The van der Waals surface area contributed by atoms with Crippen LogP contribution < -0.4 is 4.74 Å². The Morgan fingerprint density at radius 1 is 1.21 bits per heavy atom. The standard InChI is InChI=1S/C24H32F3N3O3S/c1-16-28-14-20(33-16)13-19(31)12-18-4-2-17(3-5-18)6-9-30-10-7-21-22(8-11-30)34-23(29-21)32-15-24(25,26)27/h14,17-18H,2-13,15H2,1H3. The highest BCUT2D eigenvalue weighted by Crippen LogP contribution is 2.34. The summed E-state index contributed by atoms with van der Waals surface area (Å²) in [5, 5.41) is 0.127. The number of hydrogen-bond donors (Lipinski definition) is 0. The van der Waals surface area contributed by atoms with Gasteiger partial charge >= 0.3 is 6.18 Å². The maximum atomic E-state index is 12.4. The summed E-state index contributed by atoms with van der Waals surface area (Å²) in [5.74, 6) is 2.66. The Morgan fingerprint density at radius 3 is 2.65 bits per heavy atom. The van der Waals surface area contributed by atoms with E-state index in [1.54, 1.807) is 13.1 Å². The van der Waals surface area contributed by atoms with Gasteiger partial charge in [0.2, 0.25) is 0 Å². The fraction of sp³-hybridized carbons (Fsp3) is 0.708. The molecular weight excluding hydrogens is 467 g/mol. The molecule has 0 unspecified atom stereocenters. The third-order valence-corrected chi connectivity index (χ3v) is 7.88. The van der Waals surface area contributed by atoms with Crippen LogP contribution in [0, 0.1) is 18.8 Å². The van der Waals surface area contributed by atoms with Gasteiger partial charge in [-0.15, -0.1) is 0 Å². The van der Waals surface area contributed by atoms with Crippen LogP contribution in [0.1, 0.15) is 60.7 Å². The van der Waals surface area contributed by atoms with Crippen LogP contribution in [0.2, 0.25) is 0 Å². The van der Waals surface area contributed by atoms with Gasteiger partial charge in [0.25, 0.3) is 5.19 Å². The summed E-state index contributed by atoms with van der Waals surface area (Å²) in [7, 11) is 0. The van der Waals surface area contributed by atoms with E-state index >= 15 is 0 Å². The molecule has 2 aliphatic rings. The number of Topliss-reactive ketones (excluding diaryl/α,β-unsaturated/α-hetero) is 1. The van der Waals surface area contributed by atoms with Crippen molar-refractivity contribution in [3.63, 3.8) is 0 Å². The van der Waals surface area contributed by atoms with E-state index in [4.69, 9.17) is 9.15 Å². The Labute approximate surface area is 201 Å². The molecule has 0 bridgehead atoms. The smallest absolute Gasteiger partial charge is 0.422 e. The Hall–Kier alpha value is -1.94. The number of ketones is 1. The van der Waals surface area contributed by atoms with Gasteiger partial charge in [-0.3, -0.25) is 4.79 Å². The van der Waals surface area contributed by atoms with Crippen molar-refractivity contribution in [3.8, 4) is 5.19 Å². The van der Waals surface area contributed by atoms with Crippen molar-refractivity contribution >= 4 is 17.1 Å². The largest absolute Gasteiger partial charge is 0.460 e. The molecule has 3 heterocycles. The van der Waals surface area contributed by atoms with E-state index in [0.717, 1.165) is 62.3 Å². The molecule has 2 aromatic rings. The number of aromatic nitrogens is 2. The lowest BCUT2D eigenvalue weighted by Crippen LogP contribution is -2.30. The van der Waals surface area contributed by atoms with Crippen molar-refractivity contribution in [2.75, 3.05) is 26.2 Å². The third-order valence-electron chi connectivity index (χ3n) is 6.81. The lowest BCUT2D eigenvalue weighted by molar-refractivity contribution is -0.153. The number of nitrogens with zero attached hydrogens (tertiary/aromatic N) is 3. The van der Waals surface area contributed by atoms with Gasteiger partial charge in [-0.1, -0.05) is 24.2 Å². The van der Waals surface area contributed by atoms with Crippen molar-refractivity contribution < 1.29 is 27.1 Å². The zero-order chi connectivity index (χ0) is 24.1. The van der Waals surface area contributed by atoms with Gasteiger partial charge in [0.05, 0.1) is 18.3 Å². The molecule has 34 heavy (non-hydrogen) atoms. The van der Waals surface area contributed by atoms with E-state index in [1.807, 2.05) is 0 Å². The summed E-state index contributed by atoms with van der Waals surface area (Å²) < 4.78 is 47.3. The average molecular weight is 500 g/mol. The highest BCUT2D eigenvalue weighted by Gasteiger charge is 2.30.